The predicted molar refractivity (Wildman–Crippen MR) is 70.8 cm³/mol. The molecule has 3 N–H and O–H groups in total. The molecule has 0 aromatic carbocycles. The third-order valence-corrected chi connectivity index (χ3v) is 3.77. The Bertz CT molecular complexity index is 536. The first-order valence-corrected chi connectivity index (χ1v) is 6.53. The SMILES string of the molecule is CN(Cc1csc(Br)c1)C(=O)c1cc(N)n[nH]1. The third kappa shape index (κ3) is 2.86. The molecule has 0 atom stereocenters. The Kier molecular flexibility index (Phi) is 3.49. The second-order valence-electron chi connectivity index (χ2n) is 3.63. The van der Waals surface area contributed by atoms with Crippen LogP contribution in [0.25, 0.3) is 0 Å². The van der Waals surface area contributed by atoms with Gasteiger partial charge in [0.15, 0.2) is 0 Å². The highest BCUT2D eigenvalue weighted by Crippen LogP contribution is 2.21. The lowest BCUT2D eigenvalue weighted by atomic mass is 10.3. The number of carbonyl (C=O) groups is 1. The molecule has 0 bridgehead atoms. The van der Waals surface area contributed by atoms with Gasteiger partial charge in [-0.05, 0) is 32.9 Å². The summed E-state index contributed by atoms with van der Waals surface area (Å²) in [6.45, 7) is 0.555. The summed E-state index contributed by atoms with van der Waals surface area (Å²) in [4.78, 5) is 13.6. The van der Waals surface area contributed by atoms with Crippen LogP contribution in [0.15, 0.2) is 21.3 Å². The van der Waals surface area contributed by atoms with Crippen LogP contribution in [0, 0.1) is 0 Å². The van der Waals surface area contributed by atoms with Crippen LogP contribution in [0.5, 0.6) is 0 Å². The lowest BCUT2D eigenvalue weighted by Crippen LogP contribution is -2.26. The van der Waals surface area contributed by atoms with Gasteiger partial charge in [0.1, 0.15) is 11.5 Å². The molecule has 1 amide bonds. The van der Waals surface area contributed by atoms with E-state index in [2.05, 4.69) is 26.1 Å². The van der Waals surface area contributed by atoms with Crippen molar-refractivity contribution in [2.24, 2.45) is 0 Å². The van der Waals surface area contributed by atoms with Crippen LogP contribution in [0.2, 0.25) is 0 Å². The summed E-state index contributed by atoms with van der Waals surface area (Å²) >= 11 is 4.99. The Balaban J connectivity index is 2.05. The zero-order chi connectivity index (χ0) is 12.4. The molecule has 0 aliphatic carbocycles. The molecule has 0 fully saturated rings. The van der Waals surface area contributed by atoms with Gasteiger partial charge in [0, 0.05) is 19.7 Å². The van der Waals surface area contributed by atoms with Gasteiger partial charge in [0.2, 0.25) is 0 Å². The van der Waals surface area contributed by atoms with Gasteiger partial charge < -0.3 is 10.6 Å². The van der Waals surface area contributed by atoms with Crippen LogP contribution in [0.3, 0.4) is 0 Å². The standard InChI is InChI=1S/C10H11BrN4OS/c1-15(4-6-2-8(11)17-5-6)10(16)7-3-9(12)14-13-7/h2-3,5H,4H2,1H3,(H3,12,13,14). The summed E-state index contributed by atoms with van der Waals surface area (Å²) in [5.74, 6) is 0.191. The van der Waals surface area contributed by atoms with Gasteiger partial charge in [-0.3, -0.25) is 9.89 Å². The molecule has 0 aliphatic rings. The number of halogens is 1. The number of anilines is 1. The van der Waals surface area contributed by atoms with E-state index in [1.54, 1.807) is 23.3 Å². The van der Waals surface area contributed by atoms with Gasteiger partial charge in [0.25, 0.3) is 5.91 Å². The summed E-state index contributed by atoms with van der Waals surface area (Å²) in [6.07, 6.45) is 0. The second-order valence-corrected chi connectivity index (χ2v) is 5.92. The Hall–Kier alpha value is -1.34. The first-order chi connectivity index (χ1) is 8.06. The molecule has 0 saturated heterocycles. The monoisotopic (exact) mass is 314 g/mol. The van der Waals surface area contributed by atoms with Crippen molar-refractivity contribution in [3.8, 4) is 0 Å². The molecule has 2 rings (SSSR count). The number of nitrogens with one attached hydrogen (secondary N) is 1. The lowest BCUT2D eigenvalue weighted by molar-refractivity contribution is 0.0779. The van der Waals surface area contributed by atoms with Crippen LogP contribution in [-0.2, 0) is 6.54 Å². The van der Waals surface area contributed by atoms with Gasteiger partial charge in [0.05, 0.1) is 3.79 Å². The van der Waals surface area contributed by atoms with E-state index >= 15 is 0 Å². The van der Waals surface area contributed by atoms with Crippen molar-refractivity contribution in [1.29, 1.82) is 0 Å². The highest BCUT2D eigenvalue weighted by molar-refractivity contribution is 9.11. The normalized spacial score (nSPS) is 10.5. The maximum absolute atomic E-state index is 12.0. The van der Waals surface area contributed by atoms with E-state index in [4.69, 9.17) is 5.73 Å². The molecule has 17 heavy (non-hydrogen) atoms. The third-order valence-electron chi connectivity index (χ3n) is 2.22. The molecule has 90 valence electrons. The summed E-state index contributed by atoms with van der Waals surface area (Å²) in [5, 5.41) is 8.34. The quantitative estimate of drug-likeness (QED) is 0.911. The number of amides is 1. The van der Waals surface area contributed by atoms with Crippen molar-refractivity contribution in [1.82, 2.24) is 15.1 Å². The smallest absolute Gasteiger partial charge is 0.271 e. The molecule has 2 aromatic heterocycles. The van der Waals surface area contributed by atoms with Crippen molar-refractivity contribution < 1.29 is 4.79 Å². The lowest BCUT2D eigenvalue weighted by Gasteiger charge is -2.14. The molecule has 0 aliphatic heterocycles. The number of aromatic amines is 1. The minimum absolute atomic E-state index is 0.128. The van der Waals surface area contributed by atoms with E-state index in [1.807, 2.05) is 11.4 Å². The minimum atomic E-state index is -0.128. The van der Waals surface area contributed by atoms with Crippen LogP contribution < -0.4 is 5.73 Å². The maximum Gasteiger partial charge on any atom is 0.271 e. The van der Waals surface area contributed by atoms with E-state index in [0.717, 1.165) is 9.35 Å². The fraction of sp³-hybridized carbons (Fsp3) is 0.200. The highest BCUT2D eigenvalue weighted by atomic mass is 79.9. The fourth-order valence-electron chi connectivity index (χ4n) is 1.43. The molecule has 7 heteroatoms. The van der Waals surface area contributed by atoms with E-state index < -0.39 is 0 Å². The van der Waals surface area contributed by atoms with Crippen molar-refractivity contribution in [3.05, 3.63) is 32.6 Å². The van der Waals surface area contributed by atoms with Gasteiger partial charge >= 0.3 is 0 Å². The van der Waals surface area contributed by atoms with Crippen LogP contribution >= 0.6 is 27.3 Å². The number of hydrogen-bond donors (Lipinski definition) is 2. The molecule has 2 heterocycles. The van der Waals surface area contributed by atoms with Crippen LogP contribution in [-0.4, -0.2) is 28.1 Å². The molecule has 2 aromatic rings. The zero-order valence-corrected chi connectivity index (χ0v) is 11.5. The van der Waals surface area contributed by atoms with Crippen LogP contribution in [0.1, 0.15) is 16.1 Å². The minimum Gasteiger partial charge on any atom is -0.382 e. The molecular formula is C10H11BrN4OS. The van der Waals surface area contributed by atoms with Gasteiger partial charge in [-0.1, -0.05) is 0 Å². The van der Waals surface area contributed by atoms with Gasteiger partial charge in [-0.25, -0.2) is 0 Å². The number of nitrogens with two attached hydrogens (primary N) is 1. The van der Waals surface area contributed by atoms with Crippen molar-refractivity contribution >= 4 is 39.0 Å². The van der Waals surface area contributed by atoms with Crippen LogP contribution in [0.4, 0.5) is 5.82 Å². The number of H-pyrrole nitrogens is 1. The number of thiophene rings is 1. The molecule has 0 unspecified atom stereocenters. The van der Waals surface area contributed by atoms with E-state index in [0.29, 0.717) is 18.1 Å². The number of nitrogen functional groups attached to an aromatic ring is 1. The number of nitrogens with zero attached hydrogens (tertiary/aromatic N) is 2. The summed E-state index contributed by atoms with van der Waals surface area (Å²) < 4.78 is 1.05. The van der Waals surface area contributed by atoms with E-state index in [-0.39, 0.29) is 5.91 Å². The number of rotatable bonds is 3. The number of hydrogen-bond acceptors (Lipinski definition) is 4. The first kappa shape index (κ1) is 12.1. The zero-order valence-electron chi connectivity index (χ0n) is 9.11. The van der Waals surface area contributed by atoms with E-state index in [9.17, 15) is 4.79 Å². The summed E-state index contributed by atoms with van der Waals surface area (Å²) in [7, 11) is 1.74. The Labute approximate surface area is 111 Å². The topological polar surface area (TPSA) is 75.0 Å². The molecule has 0 saturated carbocycles. The average molecular weight is 315 g/mol. The number of aromatic nitrogens is 2. The maximum atomic E-state index is 12.0. The predicted octanol–water partition coefficient (Wildman–Crippen LogP) is 2.09. The Morgan fingerprint density at radius 3 is 2.94 bits per heavy atom. The Morgan fingerprint density at radius 1 is 1.65 bits per heavy atom. The van der Waals surface area contributed by atoms with Crippen molar-refractivity contribution in [2.75, 3.05) is 12.8 Å². The first-order valence-electron chi connectivity index (χ1n) is 4.85. The highest BCUT2D eigenvalue weighted by Gasteiger charge is 2.14. The number of carbonyl (C=O) groups excluding carboxylic acids is 1. The fourth-order valence-corrected chi connectivity index (χ4v) is 2.63. The molecule has 0 radical (unpaired) electrons. The molecular weight excluding hydrogens is 304 g/mol. The average Bonchev–Trinajstić information content (AvgIpc) is 2.87. The van der Waals surface area contributed by atoms with Crippen molar-refractivity contribution in [3.63, 3.8) is 0 Å². The molecule has 0 spiro atoms. The van der Waals surface area contributed by atoms with Gasteiger partial charge in [-0.2, -0.15) is 5.10 Å². The summed E-state index contributed by atoms with van der Waals surface area (Å²) in [6, 6.07) is 3.53. The van der Waals surface area contributed by atoms with E-state index in [1.165, 1.54) is 6.07 Å². The van der Waals surface area contributed by atoms with Gasteiger partial charge in [-0.15, -0.1) is 11.3 Å². The summed E-state index contributed by atoms with van der Waals surface area (Å²) in [5.41, 5.74) is 6.95. The molecule has 5 nitrogen and oxygen atoms in total. The second kappa shape index (κ2) is 4.89. The largest absolute Gasteiger partial charge is 0.382 e. The Morgan fingerprint density at radius 2 is 2.41 bits per heavy atom. The van der Waals surface area contributed by atoms with Crippen molar-refractivity contribution in [2.45, 2.75) is 6.54 Å².